The summed E-state index contributed by atoms with van der Waals surface area (Å²) in [5.41, 5.74) is -3.78. The van der Waals surface area contributed by atoms with Crippen molar-refractivity contribution in [2.75, 3.05) is 0 Å². The molecule has 5 rings (SSSR count). The van der Waals surface area contributed by atoms with Crippen LogP contribution in [0.4, 0.5) is 13.2 Å². The number of hydrogen-bond acceptors (Lipinski definition) is 4. The van der Waals surface area contributed by atoms with Crippen LogP contribution in [0.2, 0.25) is 0 Å². The van der Waals surface area contributed by atoms with Gasteiger partial charge in [0, 0.05) is 16.7 Å². The van der Waals surface area contributed by atoms with E-state index in [0.29, 0.717) is 16.5 Å². The number of halogens is 3. The molecule has 0 N–H and O–H groups in total. The van der Waals surface area contributed by atoms with Crippen molar-refractivity contribution in [1.29, 1.82) is 0 Å². The molecule has 0 aliphatic carbocycles. The molecule has 4 aromatic rings. The van der Waals surface area contributed by atoms with Crippen molar-refractivity contribution in [3.63, 3.8) is 0 Å². The van der Waals surface area contributed by atoms with E-state index in [-0.39, 0.29) is 0 Å². The van der Waals surface area contributed by atoms with Gasteiger partial charge in [0.05, 0.1) is 0 Å². The van der Waals surface area contributed by atoms with E-state index < -0.39 is 27.0 Å². The summed E-state index contributed by atoms with van der Waals surface area (Å²) in [5, 5.41) is 1.19. The van der Waals surface area contributed by atoms with Crippen molar-refractivity contribution in [1.82, 2.24) is 0 Å². The van der Waals surface area contributed by atoms with Crippen molar-refractivity contribution in [2.45, 2.75) is 11.1 Å². The molecule has 0 spiro atoms. The fraction of sp³-hybridized carbons (Fsp3) is 0.0769. The SMILES string of the molecule is O=S(=O)(Oc1ccc2c3c(ccc2c1)OC(c1ccccc1)(c1ccccc1)C=C3)C(F)(F)F. The number of ether oxygens (including phenoxy) is 1. The van der Waals surface area contributed by atoms with Gasteiger partial charge in [-0.15, -0.1) is 0 Å². The van der Waals surface area contributed by atoms with Crippen LogP contribution >= 0.6 is 0 Å². The lowest BCUT2D eigenvalue weighted by atomic mass is 9.83. The molecule has 0 amide bonds. The second-order valence-electron chi connectivity index (χ2n) is 7.75. The van der Waals surface area contributed by atoms with Crippen molar-refractivity contribution in [3.8, 4) is 11.5 Å². The fourth-order valence-corrected chi connectivity index (χ4v) is 4.51. The molecule has 1 heterocycles. The van der Waals surface area contributed by atoms with Crippen molar-refractivity contribution in [3.05, 3.63) is 114 Å². The number of hydrogen-bond donors (Lipinski definition) is 0. The van der Waals surface area contributed by atoms with E-state index in [1.165, 1.54) is 18.2 Å². The van der Waals surface area contributed by atoms with Gasteiger partial charge in [0.15, 0.2) is 5.60 Å². The highest BCUT2D eigenvalue weighted by molar-refractivity contribution is 7.88. The smallest absolute Gasteiger partial charge is 0.473 e. The molecule has 172 valence electrons. The lowest BCUT2D eigenvalue weighted by molar-refractivity contribution is -0.0500. The average molecular weight is 482 g/mol. The van der Waals surface area contributed by atoms with E-state index in [1.54, 1.807) is 12.1 Å². The van der Waals surface area contributed by atoms with Crippen LogP contribution in [-0.4, -0.2) is 13.9 Å². The molecule has 34 heavy (non-hydrogen) atoms. The maximum atomic E-state index is 12.7. The van der Waals surface area contributed by atoms with Crippen LogP contribution in [0, 0.1) is 0 Å². The van der Waals surface area contributed by atoms with Gasteiger partial charge in [0.25, 0.3) is 0 Å². The minimum Gasteiger partial charge on any atom is -0.473 e. The molecule has 1 aliphatic rings. The summed E-state index contributed by atoms with van der Waals surface area (Å²) in [6, 6.07) is 26.8. The Balaban J connectivity index is 1.59. The Morgan fingerprint density at radius 2 is 1.41 bits per heavy atom. The Bertz CT molecular complexity index is 1460. The van der Waals surface area contributed by atoms with Gasteiger partial charge in [-0.3, -0.25) is 0 Å². The maximum absolute atomic E-state index is 12.7. The summed E-state index contributed by atoms with van der Waals surface area (Å²) in [4.78, 5) is 0. The van der Waals surface area contributed by atoms with Crippen LogP contribution in [0.1, 0.15) is 16.7 Å². The van der Waals surface area contributed by atoms with E-state index in [2.05, 4.69) is 4.18 Å². The molecule has 8 heteroatoms. The number of benzene rings is 4. The second kappa shape index (κ2) is 7.92. The summed E-state index contributed by atoms with van der Waals surface area (Å²) in [6.45, 7) is 0. The largest absolute Gasteiger partial charge is 0.534 e. The van der Waals surface area contributed by atoms with Gasteiger partial charge in [-0.25, -0.2) is 0 Å². The molecule has 0 radical (unpaired) electrons. The lowest BCUT2D eigenvalue weighted by Crippen LogP contribution is -2.34. The van der Waals surface area contributed by atoms with E-state index >= 15 is 0 Å². The number of alkyl halides is 3. The highest BCUT2D eigenvalue weighted by Gasteiger charge is 2.48. The van der Waals surface area contributed by atoms with Crippen LogP contribution in [0.5, 0.6) is 11.5 Å². The van der Waals surface area contributed by atoms with E-state index in [4.69, 9.17) is 4.74 Å². The summed E-state index contributed by atoms with van der Waals surface area (Å²) in [5.74, 6) is 0.160. The Morgan fingerprint density at radius 3 is 2.00 bits per heavy atom. The third kappa shape index (κ3) is 3.70. The normalized spacial score (nSPS) is 14.9. The first-order valence-corrected chi connectivity index (χ1v) is 11.7. The van der Waals surface area contributed by atoms with Gasteiger partial charge in [-0.05, 0) is 47.2 Å². The molecule has 0 fully saturated rings. The van der Waals surface area contributed by atoms with Gasteiger partial charge in [0.2, 0.25) is 0 Å². The first-order chi connectivity index (χ1) is 16.2. The predicted octanol–water partition coefficient (Wildman–Crippen LogP) is 6.42. The molecule has 4 aromatic carbocycles. The highest BCUT2D eigenvalue weighted by Crippen LogP contribution is 2.44. The maximum Gasteiger partial charge on any atom is 0.534 e. The third-order valence-electron chi connectivity index (χ3n) is 5.64. The molecular formula is C26H17F3O4S. The van der Waals surface area contributed by atoms with Crippen LogP contribution in [0.15, 0.2) is 97.1 Å². The summed E-state index contributed by atoms with van der Waals surface area (Å²) in [7, 11) is -5.75. The first kappa shape index (κ1) is 22.0. The molecule has 0 bridgehead atoms. The standard InChI is InChI=1S/C26H17F3O4S/c27-26(28,29)34(30,31)33-21-12-13-22-18(17-21)11-14-24-23(22)15-16-25(32-24,19-7-3-1-4-8-19)20-9-5-2-6-10-20/h1-17H. The lowest BCUT2D eigenvalue weighted by Gasteiger charge is -2.36. The van der Waals surface area contributed by atoms with Crippen LogP contribution in [0.3, 0.4) is 0 Å². The number of rotatable bonds is 4. The molecule has 4 nitrogen and oxygen atoms in total. The van der Waals surface area contributed by atoms with Gasteiger partial charge in [0.1, 0.15) is 11.5 Å². The monoisotopic (exact) mass is 482 g/mol. The predicted molar refractivity (Wildman–Crippen MR) is 123 cm³/mol. The Kier molecular flexibility index (Phi) is 5.13. The Labute approximate surface area is 194 Å². The molecule has 1 aliphatic heterocycles. The van der Waals surface area contributed by atoms with Gasteiger partial charge < -0.3 is 8.92 Å². The Hall–Kier alpha value is -3.78. The summed E-state index contributed by atoms with van der Waals surface area (Å²) >= 11 is 0. The molecule has 0 saturated heterocycles. The number of fused-ring (bicyclic) bond motifs is 3. The first-order valence-electron chi connectivity index (χ1n) is 10.3. The average Bonchev–Trinajstić information content (AvgIpc) is 2.83. The van der Waals surface area contributed by atoms with E-state index in [9.17, 15) is 21.6 Å². The minimum atomic E-state index is -5.75. The van der Waals surface area contributed by atoms with Gasteiger partial charge in [-0.1, -0.05) is 66.7 Å². The molecule has 0 saturated carbocycles. The molecule has 0 atom stereocenters. The molecular weight excluding hydrogens is 465 g/mol. The molecule has 0 unspecified atom stereocenters. The zero-order valence-electron chi connectivity index (χ0n) is 17.5. The van der Waals surface area contributed by atoms with Crippen LogP contribution in [-0.2, 0) is 15.7 Å². The second-order valence-corrected chi connectivity index (χ2v) is 9.28. The topological polar surface area (TPSA) is 52.6 Å². The fourth-order valence-electron chi connectivity index (χ4n) is 4.06. The quantitative estimate of drug-likeness (QED) is 0.249. The zero-order chi connectivity index (χ0) is 24.0. The van der Waals surface area contributed by atoms with E-state index in [0.717, 1.165) is 16.7 Å². The van der Waals surface area contributed by atoms with Crippen molar-refractivity contribution < 1.29 is 30.5 Å². The van der Waals surface area contributed by atoms with Crippen LogP contribution in [0.25, 0.3) is 16.8 Å². The third-order valence-corrected chi connectivity index (χ3v) is 6.62. The van der Waals surface area contributed by atoms with Crippen molar-refractivity contribution >= 4 is 27.0 Å². The highest BCUT2D eigenvalue weighted by atomic mass is 32.2. The minimum absolute atomic E-state index is 0.423. The Morgan fingerprint density at radius 1 is 0.794 bits per heavy atom. The summed E-state index contributed by atoms with van der Waals surface area (Å²) < 4.78 is 71.6. The van der Waals surface area contributed by atoms with E-state index in [1.807, 2.05) is 72.8 Å². The molecule has 0 aromatic heterocycles. The zero-order valence-corrected chi connectivity index (χ0v) is 18.3. The van der Waals surface area contributed by atoms with Gasteiger partial charge >= 0.3 is 15.6 Å². The van der Waals surface area contributed by atoms with Crippen LogP contribution < -0.4 is 8.92 Å². The van der Waals surface area contributed by atoms with Gasteiger partial charge in [-0.2, -0.15) is 21.6 Å². The summed E-state index contributed by atoms with van der Waals surface area (Å²) in [6.07, 6.45) is 3.85. The van der Waals surface area contributed by atoms with Crippen molar-refractivity contribution in [2.24, 2.45) is 0 Å².